The SMILES string of the molecule is COc1ccc(/C=C(\C#N)C(=O)Nc2cc([N+](=O)[O-])ccc2Cl)cc1COc1ccc2ccccc2c1. The van der Waals surface area contributed by atoms with Crippen LogP contribution in [0.2, 0.25) is 5.02 Å². The van der Waals surface area contributed by atoms with Crippen molar-refractivity contribution in [1.29, 1.82) is 5.26 Å². The molecule has 4 rings (SSSR count). The van der Waals surface area contributed by atoms with Crippen LogP contribution < -0.4 is 14.8 Å². The average molecular weight is 514 g/mol. The first-order chi connectivity index (χ1) is 17.9. The van der Waals surface area contributed by atoms with Gasteiger partial charge in [-0.05, 0) is 52.7 Å². The molecule has 0 aliphatic carbocycles. The topological polar surface area (TPSA) is 114 Å². The molecule has 0 bridgehead atoms. The van der Waals surface area contributed by atoms with Gasteiger partial charge in [-0.1, -0.05) is 48.0 Å². The van der Waals surface area contributed by atoms with Gasteiger partial charge in [0.2, 0.25) is 0 Å². The minimum atomic E-state index is -0.755. The molecule has 0 spiro atoms. The average Bonchev–Trinajstić information content (AvgIpc) is 2.91. The number of non-ortho nitro benzene ring substituents is 1. The van der Waals surface area contributed by atoms with E-state index in [4.69, 9.17) is 21.1 Å². The van der Waals surface area contributed by atoms with Crippen molar-refractivity contribution in [3.8, 4) is 17.6 Å². The summed E-state index contributed by atoms with van der Waals surface area (Å²) in [6.07, 6.45) is 1.40. The first kappa shape index (κ1) is 25.2. The Kier molecular flexibility index (Phi) is 7.67. The van der Waals surface area contributed by atoms with Crippen molar-refractivity contribution in [3.05, 3.63) is 111 Å². The van der Waals surface area contributed by atoms with Crippen molar-refractivity contribution < 1.29 is 19.2 Å². The Morgan fingerprint density at radius 3 is 2.59 bits per heavy atom. The monoisotopic (exact) mass is 513 g/mol. The van der Waals surface area contributed by atoms with E-state index < -0.39 is 10.8 Å². The fraction of sp³-hybridized carbons (Fsp3) is 0.0714. The molecule has 0 unspecified atom stereocenters. The number of fused-ring (bicyclic) bond motifs is 1. The fourth-order valence-electron chi connectivity index (χ4n) is 3.65. The minimum absolute atomic E-state index is 0.0289. The van der Waals surface area contributed by atoms with E-state index in [0.717, 1.165) is 16.8 Å². The van der Waals surface area contributed by atoms with Gasteiger partial charge < -0.3 is 14.8 Å². The van der Waals surface area contributed by atoms with Gasteiger partial charge in [0.15, 0.2) is 0 Å². The minimum Gasteiger partial charge on any atom is -0.496 e. The number of nitriles is 1. The van der Waals surface area contributed by atoms with E-state index in [1.54, 1.807) is 25.3 Å². The molecule has 0 saturated carbocycles. The first-order valence-corrected chi connectivity index (χ1v) is 11.4. The Hall–Kier alpha value is -4.87. The van der Waals surface area contributed by atoms with Gasteiger partial charge in [-0.2, -0.15) is 5.26 Å². The quantitative estimate of drug-likeness (QED) is 0.124. The number of nitrogens with one attached hydrogen (secondary N) is 1. The first-order valence-electron chi connectivity index (χ1n) is 11.0. The fourth-order valence-corrected chi connectivity index (χ4v) is 3.81. The number of nitro benzene ring substituents is 1. The van der Waals surface area contributed by atoms with Gasteiger partial charge in [-0.15, -0.1) is 0 Å². The molecule has 0 aliphatic heterocycles. The van der Waals surface area contributed by atoms with Crippen LogP contribution in [0.5, 0.6) is 11.5 Å². The molecule has 0 heterocycles. The lowest BCUT2D eigenvalue weighted by Crippen LogP contribution is -2.14. The summed E-state index contributed by atoms with van der Waals surface area (Å²) in [4.78, 5) is 23.2. The number of halogens is 1. The van der Waals surface area contributed by atoms with E-state index in [1.165, 1.54) is 18.2 Å². The van der Waals surface area contributed by atoms with Gasteiger partial charge in [0, 0.05) is 17.7 Å². The molecular formula is C28H20ClN3O5. The summed E-state index contributed by atoms with van der Waals surface area (Å²) in [5, 5.41) is 25.3. The molecule has 9 heteroatoms. The van der Waals surface area contributed by atoms with E-state index in [1.807, 2.05) is 48.5 Å². The third-order valence-electron chi connectivity index (χ3n) is 5.50. The smallest absolute Gasteiger partial charge is 0.271 e. The third-order valence-corrected chi connectivity index (χ3v) is 5.83. The van der Waals surface area contributed by atoms with Crippen molar-refractivity contribution in [2.24, 2.45) is 0 Å². The second-order valence-electron chi connectivity index (χ2n) is 7.91. The number of anilines is 1. The van der Waals surface area contributed by atoms with Crippen LogP contribution in [0.15, 0.2) is 84.4 Å². The summed E-state index contributed by atoms with van der Waals surface area (Å²) in [5.41, 5.74) is 0.849. The number of ether oxygens (including phenoxy) is 2. The maximum atomic E-state index is 12.7. The number of nitro groups is 1. The lowest BCUT2D eigenvalue weighted by Gasteiger charge is -2.12. The van der Waals surface area contributed by atoms with E-state index in [9.17, 15) is 20.2 Å². The Balaban J connectivity index is 1.55. The second-order valence-corrected chi connectivity index (χ2v) is 8.32. The summed E-state index contributed by atoms with van der Waals surface area (Å²) >= 11 is 6.06. The lowest BCUT2D eigenvalue weighted by molar-refractivity contribution is -0.384. The zero-order chi connectivity index (χ0) is 26.4. The number of carbonyl (C=O) groups excluding carboxylic acids is 1. The van der Waals surface area contributed by atoms with E-state index in [-0.39, 0.29) is 28.6 Å². The summed E-state index contributed by atoms with van der Waals surface area (Å²) in [7, 11) is 1.54. The molecule has 0 radical (unpaired) electrons. The van der Waals surface area contributed by atoms with Crippen molar-refractivity contribution in [2.45, 2.75) is 6.61 Å². The molecule has 1 amide bonds. The second kappa shape index (κ2) is 11.2. The number of benzene rings is 4. The highest BCUT2D eigenvalue weighted by molar-refractivity contribution is 6.34. The summed E-state index contributed by atoms with van der Waals surface area (Å²) < 4.78 is 11.4. The van der Waals surface area contributed by atoms with Crippen LogP contribution in [0, 0.1) is 21.4 Å². The predicted octanol–water partition coefficient (Wildman–Crippen LogP) is 6.53. The third kappa shape index (κ3) is 6.04. The molecule has 0 aromatic heterocycles. The number of nitrogens with zero attached hydrogens (tertiary/aromatic N) is 2. The van der Waals surface area contributed by atoms with E-state index in [2.05, 4.69) is 5.32 Å². The van der Waals surface area contributed by atoms with Gasteiger partial charge in [0.05, 0.1) is 22.7 Å². The largest absolute Gasteiger partial charge is 0.496 e. The molecule has 37 heavy (non-hydrogen) atoms. The molecule has 8 nitrogen and oxygen atoms in total. The zero-order valence-corrected chi connectivity index (χ0v) is 20.4. The number of hydrogen-bond acceptors (Lipinski definition) is 6. The number of hydrogen-bond donors (Lipinski definition) is 1. The molecule has 4 aromatic carbocycles. The Labute approximate surface area is 217 Å². The van der Waals surface area contributed by atoms with Crippen LogP contribution >= 0.6 is 11.6 Å². The van der Waals surface area contributed by atoms with Crippen LogP contribution in [0.3, 0.4) is 0 Å². The van der Waals surface area contributed by atoms with Crippen LogP contribution in [0.1, 0.15) is 11.1 Å². The van der Waals surface area contributed by atoms with Crippen LogP contribution in [0.4, 0.5) is 11.4 Å². The van der Waals surface area contributed by atoms with Crippen LogP contribution in [0.25, 0.3) is 16.8 Å². The predicted molar refractivity (Wildman–Crippen MR) is 142 cm³/mol. The van der Waals surface area contributed by atoms with Gasteiger partial charge in [-0.25, -0.2) is 0 Å². The Morgan fingerprint density at radius 2 is 1.86 bits per heavy atom. The van der Waals surface area contributed by atoms with Crippen molar-refractivity contribution in [2.75, 3.05) is 12.4 Å². The van der Waals surface area contributed by atoms with Gasteiger partial charge in [0.25, 0.3) is 11.6 Å². The van der Waals surface area contributed by atoms with Gasteiger partial charge in [0.1, 0.15) is 29.7 Å². The number of carbonyl (C=O) groups is 1. The Morgan fingerprint density at radius 1 is 1.08 bits per heavy atom. The van der Waals surface area contributed by atoms with Crippen molar-refractivity contribution in [3.63, 3.8) is 0 Å². The number of rotatable bonds is 8. The molecule has 0 atom stereocenters. The number of amides is 1. The molecule has 184 valence electrons. The molecule has 4 aromatic rings. The van der Waals surface area contributed by atoms with Crippen molar-refractivity contribution in [1.82, 2.24) is 0 Å². The summed E-state index contributed by atoms with van der Waals surface area (Å²) in [6, 6.07) is 24.4. The standard InChI is InChI=1S/C28H20ClN3O5/c1-36-27-11-6-18(13-22(27)17-37-24-9-7-19-4-2-3-5-20(19)14-24)12-21(16-30)28(33)31-26-15-23(32(34)35)8-10-25(26)29/h2-15H,17H2,1H3,(H,31,33)/b21-12+. The normalized spacial score (nSPS) is 11.0. The summed E-state index contributed by atoms with van der Waals surface area (Å²) in [6.45, 7) is 0.195. The van der Waals surface area contributed by atoms with Crippen molar-refractivity contribution >= 4 is 45.7 Å². The molecule has 0 saturated heterocycles. The highest BCUT2D eigenvalue weighted by atomic mass is 35.5. The highest BCUT2D eigenvalue weighted by Gasteiger charge is 2.15. The van der Waals surface area contributed by atoms with Crippen LogP contribution in [-0.4, -0.2) is 17.9 Å². The maximum absolute atomic E-state index is 12.7. The molecule has 0 fully saturated rings. The number of methoxy groups -OCH3 is 1. The molecular weight excluding hydrogens is 494 g/mol. The van der Waals surface area contributed by atoms with Gasteiger partial charge in [-0.3, -0.25) is 14.9 Å². The summed E-state index contributed by atoms with van der Waals surface area (Å²) in [5.74, 6) is 0.520. The zero-order valence-electron chi connectivity index (χ0n) is 19.6. The van der Waals surface area contributed by atoms with E-state index >= 15 is 0 Å². The molecule has 1 N–H and O–H groups in total. The Bertz CT molecular complexity index is 1580. The highest BCUT2D eigenvalue weighted by Crippen LogP contribution is 2.28. The maximum Gasteiger partial charge on any atom is 0.271 e. The van der Waals surface area contributed by atoms with Crippen LogP contribution in [-0.2, 0) is 11.4 Å². The lowest BCUT2D eigenvalue weighted by atomic mass is 10.1. The van der Waals surface area contributed by atoms with Gasteiger partial charge >= 0.3 is 0 Å². The van der Waals surface area contributed by atoms with E-state index in [0.29, 0.717) is 22.6 Å². The molecule has 0 aliphatic rings.